The average Bonchev–Trinajstić information content (AvgIpc) is 2.66. The number of nitrogens with zero attached hydrogens (tertiary/aromatic N) is 3. The van der Waals surface area contributed by atoms with Crippen molar-refractivity contribution < 1.29 is 4.79 Å². The molecule has 0 spiro atoms. The van der Waals surface area contributed by atoms with Gasteiger partial charge in [0.2, 0.25) is 5.91 Å². The summed E-state index contributed by atoms with van der Waals surface area (Å²) in [6.45, 7) is 5.74. The van der Waals surface area contributed by atoms with Crippen LogP contribution in [-0.2, 0) is 11.3 Å². The number of carbonyl (C=O) groups is 1. The van der Waals surface area contributed by atoms with Crippen LogP contribution in [0.2, 0.25) is 0 Å². The molecule has 0 radical (unpaired) electrons. The second-order valence-electron chi connectivity index (χ2n) is 3.73. The van der Waals surface area contributed by atoms with Gasteiger partial charge in [-0.1, -0.05) is 0 Å². The first-order valence-electron chi connectivity index (χ1n) is 5.23. The van der Waals surface area contributed by atoms with Gasteiger partial charge >= 0.3 is 0 Å². The lowest BCUT2D eigenvalue weighted by Crippen LogP contribution is -2.47. The van der Waals surface area contributed by atoms with E-state index in [9.17, 15) is 4.79 Å². The van der Waals surface area contributed by atoms with E-state index in [1.54, 1.807) is 6.20 Å². The molecule has 1 aliphatic heterocycles. The fourth-order valence-electron chi connectivity index (χ4n) is 1.73. The Morgan fingerprint density at radius 3 is 2.87 bits per heavy atom. The van der Waals surface area contributed by atoms with Gasteiger partial charge in [-0.3, -0.25) is 4.79 Å². The van der Waals surface area contributed by atoms with E-state index in [-0.39, 0.29) is 5.91 Å². The maximum atomic E-state index is 11.9. The minimum Gasteiger partial charge on any atom is -0.339 e. The second-order valence-corrected chi connectivity index (χ2v) is 3.73. The van der Waals surface area contributed by atoms with Crippen LogP contribution in [0.4, 0.5) is 0 Å². The Morgan fingerprint density at radius 2 is 2.27 bits per heavy atom. The third kappa shape index (κ3) is 2.36. The first-order valence-corrected chi connectivity index (χ1v) is 5.23. The van der Waals surface area contributed by atoms with Gasteiger partial charge in [-0.05, 0) is 6.92 Å². The van der Waals surface area contributed by atoms with Crippen molar-refractivity contribution >= 4 is 5.91 Å². The van der Waals surface area contributed by atoms with Gasteiger partial charge in [-0.25, -0.2) is 4.98 Å². The number of hydrogen-bond acceptors (Lipinski definition) is 3. The van der Waals surface area contributed by atoms with E-state index in [1.807, 2.05) is 22.6 Å². The molecule has 0 saturated carbocycles. The average molecular weight is 208 g/mol. The molecule has 1 fully saturated rings. The minimum atomic E-state index is 0.178. The van der Waals surface area contributed by atoms with E-state index < -0.39 is 0 Å². The maximum absolute atomic E-state index is 11.9. The third-order valence-corrected chi connectivity index (χ3v) is 2.70. The zero-order valence-electron chi connectivity index (χ0n) is 8.94. The number of piperazine rings is 1. The SMILES string of the molecule is Cc1nccn1CC(=O)N1CCNCC1. The van der Waals surface area contributed by atoms with Gasteiger partial charge in [0.1, 0.15) is 12.4 Å². The topological polar surface area (TPSA) is 50.2 Å². The largest absolute Gasteiger partial charge is 0.339 e. The lowest BCUT2D eigenvalue weighted by atomic mass is 10.3. The van der Waals surface area contributed by atoms with Crippen LogP contribution in [0.1, 0.15) is 5.82 Å². The Kier molecular flexibility index (Phi) is 3.01. The van der Waals surface area contributed by atoms with E-state index in [2.05, 4.69) is 10.3 Å². The smallest absolute Gasteiger partial charge is 0.242 e. The van der Waals surface area contributed by atoms with Crippen molar-refractivity contribution in [1.29, 1.82) is 0 Å². The molecule has 0 aromatic carbocycles. The van der Waals surface area contributed by atoms with E-state index >= 15 is 0 Å². The molecular weight excluding hydrogens is 192 g/mol. The Balaban J connectivity index is 1.94. The summed E-state index contributed by atoms with van der Waals surface area (Å²) in [5.74, 6) is 1.07. The Hall–Kier alpha value is -1.36. The molecule has 1 saturated heterocycles. The van der Waals surface area contributed by atoms with Gasteiger partial charge in [0.25, 0.3) is 0 Å². The Bertz CT molecular complexity index is 341. The van der Waals surface area contributed by atoms with Crippen LogP contribution in [0.5, 0.6) is 0 Å². The van der Waals surface area contributed by atoms with Gasteiger partial charge in [0.05, 0.1) is 0 Å². The van der Waals surface area contributed by atoms with Crippen molar-refractivity contribution in [2.75, 3.05) is 26.2 Å². The van der Waals surface area contributed by atoms with Crippen molar-refractivity contribution in [2.24, 2.45) is 0 Å². The van der Waals surface area contributed by atoms with E-state index in [1.165, 1.54) is 0 Å². The zero-order chi connectivity index (χ0) is 10.7. The number of nitrogens with one attached hydrogen (secondary N) is 1. The highest BCUT2D eigenvalue weighted by atomic mass is 16.2. The summed E-state index contributed by atoms with van der Waals surface area (Å²) in [5, 5.41) is 3.23. The first-order chi connectivity index (χ1) is 7.27. The highest BCUT2D eigenvalue weighted by molar-refractivity contribution is 5.76. The predicted molar refractivity (Wildman–Crippen MR) is 56.4 cm³/mol. The standard InChI is InChI=1S/C10H16N4O/c1-9-12-4-7-14(9)8-10(15)13-5-2-11-3-6-13/h4,7,11H,2-3,5-6,8H2,1H3. The number of aromatic nitrogens is 2. The molecule has 0 bridgehead atoms. The lowest BCUT2D eigenvalue weighted by Gasteiger charge is -2.27. The molecule has 5 heteroatoms. The number of carbonyl (C=O) groups excluding carboxylic acids is 1. The summed E-state index contributed by atoms with van der Waals surface area (Å²) in [7, 11) is 0. The molecule has 2 rings (SSSR count). The lowest BCUT2D eigenvalue weighted by molar-refractivity contribution is -0.132. The number of rotatable bonds is 2. The molecule has 0 aliphatic carbocycles. The summed E-state index contributed by atoms with van der Waals surface area (Å²) < 4.78 is 1.88. The predicted octanol–water partition coefficient (Wildman–Crippen LogP) is -0.377. The molecule has 0 atom stereocenters. The molecule has 2 heterocycles. The van der Waals surface area contributed by atoms with Crippen molar-refractivity contribution in [3.63, 3.8) is 0 Å². The van der Waals surface area contributed by atoms with E-state index in [0.29, 0.717) is 6.54 Å². The second kappa shape index (κ2) is 4.44. The van der Waals surface area contributed by atoms with Crippen molar-refractivity contribution in [1.82, 2.24) is 19.8 Å². The van der Waals surface area contributed by atoms with Crippen LogP contribution in [0.25, 0.3) is 0 Å². The normalized spacial score (nSPS) is 16.7. The molecule has 1 aliphatic rings. The summed E-state index contributed by atoms with van der Waals surface area (Å²) in [5.41, 5.74) is 0. The van der Waals surface area contributed by atoms with Gasteiger partial charge in [0.15, 0.2) is 0 Å². The van der Waals surface area contributed by atoms with Gasteiger partial charge in [-0.2, -0.15) is 0 Å². The fraction of sp³-hybridized carbons (Fsp3) is 0.600. The number of imidazole rings is 1. The fourth-order valence-corrected chi connectivity index (χ4v) is 1.73. The molecule has 1 amide bonds. The van der Waals surface area contributed by atoms with Gasteiger partial charge in [-0.15, -0.1) is 0 Å². The highest BCUT2D eigenvalue weighted by Crippen LogP contribution is 1.99. The third-order valence-electron chi connectivity index (χ3n) is 2.70. The van der Waals surface area contributed by atoms with Crippen LogP contribution >= 0.6 is 0 Å². The van der Waals surface area contributed by atoms with Crippen LogP contribution in [0, 0.1) is 6.92 Å². The van der Waals surface area contributed by atoms with Crippen molar-refractivity contribution in [3.8, 4) is 0 Å². The van der Waals surface area contributed by atoms with Crippen molar-refractivity contribution in [3.05, 3.63) is 18.2 Å². The summed E-state index contributed by atoms with van der Waals surface area (Å²) in [6, 6.07) is 0. The molecule has 0 unspecified atom stereocenters. The van der Waals surface area contributed by atoms with Crippen LogP contribution in [-0.4, -0.2) is 46.5 Å². The molecule has 1 N–H and O–H groups in total. The van der Waals surface area contributed by atoms with Gasteiger partial charge in [0, 0.05) is 38.6 Å². The minimum absolute atomic E-state index is 0.178. The molecule has 5 nitrogen and oxygen atoms in total. The number of hydrogen-bond donors (Lipinski definition) is 1. The molecule has 1 aromatic heterocycles. The Labute approximate surface area is 89.1 Å². The monoisotopic (exact) mass is 208 g/mol. The molecule has 1 aromatic rings. The molecule has 82 valence electrons. The van der Waals surface area contributed by atoms with E-state index in [0.717, 1.165) is 32.0 Å². The number of aryl methyl sites for hydroxylation is 1. The van der Waals surface area contributed by atoms with E-state index in [4.69, 9.17) is 0 Å². The van der Waals surface area contributed by atoms with Crippen molar-refractivity contribution in [2.45, 2.75) is 13.5 Å². The quantitative estimate of drug-likeness (QED) is 0.721. The first kappa shape index (κ1) is 10.2. The van der Waals surface area contributed by atoms with Crippen LogP contribution in [0.3, 0.4) is 0 Å². The summed E-state index contributed by atoms with van der Waals surface area (Å²) in [6.07, 6.45) is 3.57. The Morgan fingerprint density at radius 1 is 1.53 bits per heavy atom. The molecular formula is C10H16N4O. The van der Waals surface area contributed by atoms with Gasteiger partial charge < -0.3 is 14.8 Å². The number of amides is 1. The highest BCUT2D eigenvalue weighted by Gasteiger charge is 2.16. The summed E-state index contributed by atoms with van der Waals surface area (Å²) in [4.78, 5) is 17.9. The maximum Gasteiger partial charge on any atom is 0.242 e. The zero-order valence-corrected chi connectivity index (χ0v) is 8.94. The van der Waals surface area contributed by atoms with Crippen LogP contribution < -0.4 is 5.32 Å². The summed E-state index contributed by atoms with van der Waals surface area (Å²) >= 11 is 0. The van der Waals surface area contributed by atoms with Crippen LogP contribution in [0.15, 0.2) is 12.4 Å². The molecule has 15 heavy (non-hydrogen) atoms.